The molecule has 1 unspecified atom stereocenters. The van der Waals surface area contributed by atoms with E-state index in [1.807, 2.05) is 13.8 Å². The van der Waals surface area contributed by atoms with E-state index in [1.54, 1.807) is 0 Å². The molecule has 4 heteroatoms. The van der Waals surface area contributed by atoms with E-state index in [0.717, 1.165) is 6.54 Å². The number of nitrogens with zero attached hydrogens (tertiary/aromatic N) is 1. The molecular weight excluding hydrogens is 228 g/mol. The van der Waals surface area contributed by atoms with Gasteiger partial charge in [-0.15, -0.1) is 0 Å². The van der Waals surface area contributed by atoms with Crippen LogP contribution >= 0.6 is 0 Å². The fourth-order valence-electron chi connectivity index (χ4n) is 3.13. The summed E-state index contributed by atoms with van der Waals surface area (Å²) in [6.07, 6.45) is 5.35. The Morgan fingerprint density at radius 1 is 1.33 bits per heavy atom. The van der Waals surface area contributed by atoms with Crippen LogP contribution in [0.3, 0.4) is 0 Å². The number of likely N-dealkylation sites (tertiary alicyclic amines) is 1. The summed E-state index contributed by atoms with van der Waals surface area (Å²) in [7, 11) is 0. The second kappa shape index (κ2) is 5.00. The number of hydrogen-bond acceptors (Lipinski definition) is 3. The Labute approximate surface area is 109 Å². The maximum atomic E-state index is 12.1. The number of rotatable bonds is 4. The van der Waals surface area contributed by atoms with Crippen LogP contribution in [0.4, 0.5) is 0 Å². The third-order valence-electron chi connectivity index (χ3n) is 4.29. The highest BCUT2D eigenvalue weighted by molar-refractivity contribution is 6.05. The van der Waals surface area contributed by atoms with Crippen molar-refractivity contribution in [3.05, 3.63) is 0 Å². The van der Waals surface area contributed by atoms with Crippen molar-refractivity contribution in [3.63, 3.8) is 0 Å². The van der Waals surface area contributed by atoms with Gasteiger partial charge in [-0.3, -0.25) is 14.5 Å². The zero-order valence-corrected chi connectivity index (χ0v) is 11.7. The number of hydrogen-bond donors (Lipinski definition) is 1. The molecule has 0 bridgehead atoms. The topological polar surface area (TPSA) is 49.4 Å². The van der Waals surface area contributed by atoms with Crippen LogP contribution in [0.25, 0.3) is 0 Å². The van der Waals surface area contributed by atoms with E-state index in [1.165, 1.54) is 30.6 Å². The molecule has 2 amide bonds. The second-order valence-corrected chi connectivity index (χ2v) is 6.35. The maximum Gasteiger partial charge on any atom is 0.247 e. The van der Waals surface area contributed by atoms with Crippen molar-refractivity contribution < 1.29 is 9.59 Å². The molecule has 1 N–H and O–H groups in total. The summed E-state index contributed by atoms with van der Waals surface area (Å²) in [6, 6.07) is -0.323. The number of carbonyl (C=O) groups excluding carboxylic acids is 2. The predicted molar refractivity (Wildman–Crippen MR) is 70.0 cm³/mol. The molecule has 0 spiro atoms. The van der Waals surface area contributed by atoms with Crippen LogP contribution in [0.1, 0.15) is 52.9 Å². The van der Waals surface area contributed by atoms with Crippen LogP contribution in [0, 0.1) is 5.41 Å². The Hall–Kier alpha value is -0.900. The predicted octanol–water partition coefficient (Wildman–Crippen LogP) is 1.69. The number of amides is 2. The van der Waals surface area contributed by atoms with Gasteiger partial charge in [0.05, 0.1) is 12.5 Å². The smallest absolute Gasteiger partial charge is 0.247 e. The Bertz CT molecular complexity index is 346. The first-order valence-corrected chi connectivity index (χ1v) is 7.02. The largest absolute Gasteiger partial charge is 0.305 e. The molecule has 1 aliphatic carbocycles. The number of carbonyl (C=O) groups is 2. The van der Waals surface area contributed by atoms with Crippen LogP contribution < -0.4 is 5.32 Å². The summed E-state index contributed by atoms with van der Waals surface area (Å²) >= 11 is 0. The first-order valence-electron chi connectivity index (χ1n) is 7.02. The molecule has 4 nitrogen and oxygen atoms in total. The van der Waals surface area contributed by atoms with Gasteiger partial charge in [-0.25, -0.2) is 0 Å². The molecule has 1 heterocycles. The van der Waals surface area contributed by atoms with Crippen LogP contribution in [0.15, 0.2) is 0 Å². The zero-order chi connectivity index (χ0) is 13.3. The minimum absolute atomic E-state index is 0.0288. The highest BCUT2D eigenvalue weighted by atomic mass is 16.2. The molecule has 18 heavy (non-hydrogen) atoms. The molecule has 2 rings (SSSR count). The Kier molecular flexibility index (Phi) is 3.76. The summed E-state index contributed by atoms with van der Waals surface area (Å²) in [6.45, 7) is 6.89. The van der Waals surface area contributed by atoms with E-state index < -0.39 is 0 Å². The minimum atomic E-state index is -0.294. The van der Waals surface area contributed by atoms with E-state index in [4.69, 9.17) is 0 Å². The highest BCUT2D eigenvalue weighted by Gasteiger charge is 2.40. The summed E-state index contributed by atoms with van der Waals surface area (Å²) in [4.78, 5) is 25.3. The first-order chi connectivity index (χ1) is 8.43. The molecule has 0 aromatic rings. The number of imide groups is 1. The zero-order valence-electron chi connectivity index (χ0n) is 11.7. The van der Waals surface area contributed by atoms with Gasteiger partial charge >= 0.3 is 0 Å². The van der Waals surface area contributed by atoms with Gasteiger partial charge in [-0.05, 0) is 32.1 Å². The van der Waals surface area contributed by atoms with Gasteiger partial charge in [0.25, 0.3) is 0 Å². The van der Waals surface area contributed by atoms with E-state index in [-0.39, 0.29) is 23.9 Å². The van der Waals surface area contributed by atoms with Gasteiger partial charge in [0.2, 0.25) is 11.8 Å². The fourth-order valence-corrected chi connectivity index (χ4v) is 3.13. The van der Waals surface area contributed by atoms with Crippen molar-refractivity contribution >= 4 is 11.8 Å². The van der Waals surface area contributed by atoms with Crippen molar-refractivity contribution in [1.82, 2.24) is 10.2 Å². The van der Waals surface area contributed by atoms with E-state index >= 15 is 0 Å². The minimum Gasteiger partial charge on any atom is -0.305 e. The lowest BCUT2D eigenvalue weighted by molar-refractivity contribution is -0.140. The fraction of sp³-hybridized carbons (Fsp3) is 0.857. The van der Waals surface area contributed by atoms with E-state index in [0.29, 0.717) is 11.8 Å². The molecule has 2 aliphatic rings. The molecular formula is C14H24N2O2. The van der Waals surface area contributed by atoms with Crippen molar-refractivity contribution in [2.24, 2.45) is 5.41 Å². The molecule has 2 fully saturated rings. The van der Waals surface area contributed by atoms with Gasteiger partial charge < -0.3 is 5.32 Å². The average molecular weight is 252 g/mol. The van der Waals surface area contributed by atoms with Crippen molar-refractivity contribution in [1.29, 1.82) is 0 Å². The van der Waals surface area contributed by atoms with Gasteiger partial charge in [0.1, 0.15) is 0 Å². The first kappa shape index (κ1) is 13.5. The standard InChI is InChI=1S/C14H24N2O2/c1-10(2)16-12(17)8-11(13(16)18)15-9-14(3)6-4-5-7-14/h10-11,15H,4-9H2,1-3H3. The van der Waals surface area contributed by atoms with Gasteiger partial charge in [0.15, 0.2) is 0 Å². The highest BCUT2D eigenvalue weighted by Crippen LogP contribution is 2.37. The quantitative estimate of drug-likeness (QED) is 0.775. The van der Waals surface area contributed by atoms with Crippen LogP contribution in [0.2, 0.25) is 0 Å². The summed E-state index contributed by atoms with van der Waals surface area (Å²) < 4.78 is 0. The number of nitrogens with one attached hydrogen (secondary N) is 1. The Balaban J connectivity index is 1.91. The van der Waals surface area contributed by atoms with Crippen LogP contribution in [-0.4, -0.2) is 35.3 Å². The van der Waals surface area contributed by atoms with Crippen LogP contribution in [0.5, 0.6) is 0 Å². The normalized spacial score (nSPS) is 27.6. The summed E-state index contributed by atoms with van der Waals surface area (Å²) in [5, 5.41) is 3.32. The van der Waals surface area contributed by atoms with Crippen molar-refractivity contribution in [2.75, 3.05) is 6.54 Å². The summed E-state index contributed by atoms with van der Waals surface area (Å²) in [5.41, 5.74) is 0.314. The van der Waals surface area contributed by atoms with Crippen LogP contribution in [-0.2, 0) is 9.59 Å². The molecule has 0 aromatic carbocycles. The lowest BCUT2D eigenvalue weighted by Crippen LogP contribution is -2.44. The Morgan fingerprint density at radius 2 is 1.94 bits per heavy atom. The molecule has 102 valence electrons. The molecule has 0 radical (unpaired) electrons. The lowest BCUT2D eigenvalue weighted by Gasteiger charge is -2.26. The molecule has 1 atom stereocenters. The van der Waals surface area contributed by atoms with Crippen molar-refractivity contribution in [2.45, 2.75) is 65.0 Å². The second-order valence-electron chi connectivity index (χ2n) is 6.35. The lowest BCUT2D eigenvalue weighted by atomic mass is 9.88. The Morgan fingerprint density at radius 3 is 2.44 bits per heavy atom. The molecule has 0 aromatic heterocycles. The van der Waals surface area contributed by atoms with Gasteiger partial charge in [-0.1, -0.05) is 19.8 Å². The maximum absolute atomic E-state index is 12.1. The van der Waals surface area contributed by atoms with E-state index in [9.17, 15) is 9.59 Å². The molecule has 1 aliphatic heterocycles. The summed E-state index contributed by atoms with van der Waals surface area (Å²) in [5.74, 6) is -0.0827. The average Bonchev–Trinajstić information content (AvgIpc) is 2.81. The molecule has 1 saturated heterocycles. The monoisotopic (exact) mass is 252 g/mol. The van der Waals surface area contributed by atoms with Gasteiger partial charge in [0, 0.05) is 12.6 Å². The van der Waals surface area contributed by atoms with Gasteiger partial charge in [-0.2, -0.15) is 0 Å². The SMILES string of the molecule is CC(C)N1C(=O)CC(NCC2(C)CCCC2)C1=O. The molecule has 1 saturated carbocycles. The van der Waals surface area contributed by atoms with Crippen molar-refractivity contribution in [3.8, 4) is 0 Å². The van der Waals surface area contributed by atoms with E-state index in [2.05, 4.69) is 12.2 Å². The third-order valence-corrected chi connectivity index (χ3v) is 4.29. The third kappa shape index (κ3) is 2.58.